The van der Waals surface area contributed by atoms with Crippen LogP contribution in [0.5, 0.6) is 0 Å². The zero-order valence-corrected chi connectivity index (χ0v) is 14.1. The molecule has 0 aliphatic heterocycles. The molecule has 0 saturated heterocycles. The maximum Gasteiger partial charge on any atom is 0.251 e. The summed E-state index contributed by atoms with van der Waals surface area (Å²) in [6.07, 6.45) is 0. The van der Waals surface area contributed by atoms with E-state index in [0.717, 1.165) is 18.8 Å². The smallest absolute Gasteiger partial charge is 0.251 e. The van der Waals surface area contributed by atoms with Crippen LogP contribution in [0.2, 0.25) is 0 Å². The molecule has 2 amide bonds. The van der Waals surface area contributed by atoms with Gasteiger partial charge in [-0.1, -0.05) is 18.2 Å². The first-order chi connectivity index (χ1) is 11.6. The lowest BCUT2D eigenvalue weighted by Crippen LogP contribution is -2.32. The maximum absolute atomic E-state index is 11.9. The third-order valence-corrected chi connectivity index (χ3v) is 3.73. The predicted molar refractivity (Wildman–Crippen MR) is 97.4 cm³/mol. The third kappa shape index (κ3) is 4.84. The number of nitrogens with zero attached hydrogens (tertiary/aromatic N) is 1. The second-order valence-electron chi connectivity index (χ2n) is 5.32. The fourth-order valence-corrected chi connectivity index (χ4v) is 2.40. The van der Waals surface area contributed by atoms with Crippen molar-refractivity contribution in [2.75, 3.05) is 29.9 Å². The first-order valence-electron chi connectivity index (χ1n) is 8.12. The Bertz CT molecular complexity index is 665. The summed E-state index contributed by atoms with van der Waals surface area (Å²) in [4.78, 5) is 26.1. The molecule has 0 saturated carbocycles. The van der Waals surface area contributed by atoms with E-state index in [1.54, 1.807) is 24.3 Å². The molecule has 5 heteroatoms. The van der Waals surface area contributed by atoms with Gasteiger partial charge in [0.1, 0.15) is 0 Å². The van der Waals surface area contributed by atoms with E-state index in [-0.39, 0.29) is 18.4 Å². The van der Waals surface area contributed by atoms with Crippen LogP contribution >= 0.6 is 0 Å². The highest BCUT2D eigenvalue weighted by Crippen LogP contribution is 2.17. The van der Waals surface area contributed by atoms with E-state index in [1.807, 2.05) is 30.3 Å². The van der Waals surface area contributed by atoms with Gasteiger partial charge in [0, 0.05) is 30.0 Å². The molecule has 24 heavy (non-hydrogen) atoms. The topological polar surface area (TPSA) is 61.4 Å². The maximum atomic E-state index is 11.9. The molecule has 0 unspecified atom stereocenters. The highest BCUT2D eigenvalue weighted by Gasteiger charge is 2.08. The number of hydrogen-bond donors (Lipinski definition) is 2. The van der Waals surface area contributed by atoms with Crippen LogP contribution < -0.4 is 15.5 Å². The zero-order valence-electron chi connectivity index (χ0n) is 14.1. The van der Waals surface area contributed by atoms with Crippen molar-refractivity contribution in [3.8, 4) is 0 Å². The molecule has 0 radical (unpaired) electrons. The minimum absolute atomic E-state index is 0.0640. The SMILES string of the molecule is CCN(CC)c1ccc(NC(=O)CNC(=O)c2ccccc2)cc1. The molecular formula is C19H23N3O2. The average molecular weight is 325 g/mol. The van der Waals surface area contributed by atoms with E-state index in [4.69, 9.17) is 0 Å². The Hall–Kier alpha value is -2.82. The van der Waals surface area contributed by atoms with E-state index in [0.29, 0.717) is 11.3 Å². The molecule has 0 bridgehead atoms. The Labute approximate surface area is 142 Å². The molecule has 0 aliphatic carbocycles. The van der Waals surface area contributed by atoms with E-state index in [2.05, 4.69) is 29.4 Å². The van der Waals surface area contributed by atoms with Gasteiger partial charge in [-0.3, -0.25) is 9.59 Å². The van der Waals surface area contributed by atoms with Gasteiger partial charge in [0.2, 0.25) is 5.91 Å². The van der Waals surface area contributed by atoms with Crippen molar-refractivity contribution in [2.45, 2.75) is 13.8 Å². The number of benzene rings is 2. The summed E-state index contributed by atoms with van der Waals surface area (Å²) in [6, 6.07) is 16.5. The van der Waals surface area contributed by atoms with Gasteiger partial charge in [-0.25, -0.2) is 0 Å². The molecule has 2 N–H and O–H groups in total. The molecule has 126 valence electrons. The standard InChI is InChI=1S/C19H23N3O2/c1-3-22(4-2)17-12-10-16(11-13-17)21-18(23)14-20-19(24)15-8-6-5-7-9-15/h5-13H,3-4,14H2,1-2H3,(H,20,24)(H,21,23). The van der Waals surface area contributed by atoms with E-state index >= 15 is 0 Å². The monoisotopic (exact) mass is 325 g/mol. The largest absolute Gasteiger partial charge is 0.372 e. The Morgan fingerprint density at radius 2 is 1.54 bits per heavy atom. The number of carbonyl (C=O) groups is 2. The van der Waals surface area contributed by atoms with Crippen LogP contribution in [0, 0.1) is 0 Å². The lowest BCUT2D eigenvalue weighted by molar-refractivity contribution is -0.115. The first kappa shape index (κ1) is 17.5. The normalized spacial score (nSPS) is 10.1. The average Bonchev–Trinajstić information content (AvgIpc) is 2.63. The first-order valence-corrected chi connectivity index (χ1v) is 8.12. The molecule has 0 fully saturated rings. The van der Waals surface area contributed by atoms with Gasteiger partial charge in [0.15, 0.2) is 0 Å². The predicted octanol–water partition coefficient (Wildman–Crippen LogP) is 2.90. The fraction of sp³-hybridized carbons (Fsp3) is 0.263. The number of anilines is 2. The van der Waals surface area contributed by atoms with Crippen LogP contribution in [-0.2, 0) is 4.79 Å². The Morgan fingerprint density at radius 1 is 0.917 bits per heavy atom. The Morgan fingerprint density at radius 3 is 2.12 bits per heavy atom. The van der Waals surface area contributed by atoms with Gasteiger partial charge in [0.05, 0.1) is 6.54 Å². The summed E-state index contributed by atoms with van der Waals surface area (Å²) in [5.74, 6) is -0.516. The molecule has 2 rings (SSSR count). The fourth-order valence-electron chi connectivity index (χ4n) is 2.40. The molecule has 0 heterocycles. The van der Waals surface area contributed by atoms with Crippen molar-refractivity contribution in [2.24, 2.45) is 0 Å². The van der Waals surface area contributed by atoms with E-state index in [9.17, 15) is 9.59 Å². The Kier molecular flexibility index (Phi) is 6.37. The van der Waals surface area contributed by atoms with Crippen molar-refractivity contribution in [1.29, 1.82) is 0 Å². The summed E-state index contributed by atoms with van der Waals surface area (Å²) >= 11 is 0. The number of carbonyl (C=O) groups excluding carboxylic acids is 2. The molecule has 0 spiro atoms. The molecule has 5 nitrogen and oxygen atoms in total. The van der Waals surface area contributed by atoms with Crippen LogP contribution in [0.3, 0.4) is 0 Å². The minimum Gasteiger partial charge on any atom is -0.372 e. The van der Waals surface area contributed by atoms with E-state index in [1.165, 1.54) is 0 Å². The molecule has 2 aromatic rings. The number of nitrogens with one attached hydrogen (secondary N) is 2. The highest BCUT2D eigenvalue weighted by molar-refractivity contribution is 5.99. The van der Waals surface area contributed by atoms with Crippen molar-refractivity contribution in [1.82, 2.24) is 5.32 Å². The van der Waals surface area contributed by atoms with Gasteiger partial charge in [-0.15, -0.1) is 0 Å². The summed E-state index contributed by atoms with van der Waals surface area (Å²) in [6.45, 7) is 6.02. The number of rotatable bonds is 7. The quantitative estimate of drug-likeness (QED) is 0.823. The molecule has 0 aromatic heterocycles. The van der Waals surface area contributed by atoms with Crippen molar-refractivity contribution < 1.29 is 9.59 Å². The second kappa shape index (κ2) is 8.72. The molecule has 0 aliphatic rings. The molecule has 0 atom stereocenters. The van der Waals surface area contributed by atoms with Gasteiger partial charge in [-0.2, -0.15) is 0 Å². The summed E-state index contributed by atoms with van der Waals surface area (Å²) in [7, 11) is 0. The van der Waals surface area contributed by atoms with Crippen molar-refractivity contribution in [3.63, 3.8) is 0 Å². The van der Waals surface area contributed by atoms with Crippen LogP contribution in [0.1, 0.15) is 24.2 Å². The lowest BCUT2D eigenvalue weighted by atomic mass is 10.2. The van der Waals surface area contributed by atoms with Gasteiger partial charge in [0.25, 0.3) is 5.91 Å². The van der Waals surface area contributed by atoms with Crippen LogP contribution in [0.25, 0.3) is 0 Å². The van der Waals surface area contributed by atoms with Crippen LogP contribution in [0.15, 0.2) is 54.6 Å². The van der Waals surface area contributed by atoms with E-state index < -0.39 is 0 Å². The summed E-state index contributed by atoms with van der Waals surface area (Å²) in [5, 5.41) is 5.39. The minimum atomic E-state index is -0.261. The second-order valence-corrected chi connectivity index (χ2v) is 5.32. The number of amides is 2. The van der Waals surface area contributed by atoms with Crippen LogP contribution in [-0.4, -0.2) is 31.4 Å². The Balaban J connectivity index is 1.85. The molecular weight excluding hydrogens is 302 g/mol. The van der Waals surface area contributed by atoms with Gasteiger partial charge < -0.3 is 15.5 Å². The summed E-state index contributed by atoms with van der Waals surface area (Å²) < 4.78 is 0. The summed E-state index contributed by atoms with van der Waals surface area (Å²) in [5.41, 5.74) is 2.37. The highest BCUT2D eigenvalue weighted by atomic mass is 16.2. The lowest BCUT2D eigenvalue weighted by Gasteiger charge is -2.21. The van der Waals surface area contributed by atoms with Crippen LogP contribution in [0.4, 0.5) is 11.4 Å². The third-order valence-electron chi connectivity index (χ3n) is 3.73. The number of hydrogen-bond acceptors (Lipinski definition) is 3. The van der Waals surface area contributed by atoms with Gasteiger partial charge >= 0.3 is 0 Å². The molecule has 2 aromatic carbocycles. The van der Waals surface area contributed by atoms with Gasteiger partial charge in [-0.05, 0) is 50.2 Å². The van der Waals surface area contributed by atoms with Crippen molar-refractivity contribution in [3.05, 3.63) is 60.2 Å². The van der Waals surface area contributed by atoms with Crippen molar-refractivity contribution >= 4 is 23.2 Å². The zero-order chi connectivity index (χ0) is 17.4.